The van der Waals surface area contributed by atoms with Crippen LogP contribution in [0.25, 0.3) is 16.9 Å². The molecule has 1 saturated heterocycles. The molecular formula is C25H26FN7O4. The number of phenols is 1. The molecular weight excluding hydrogens is 481 g/mol. The highest BCUT2D eigenvalue weighted by molar-refractivity contribution is 5.84. The van der Waals surface area contributed by atoms with Crippen LogP contribution in [-0.2, 0) is 11.3 Å². The molecule has 37 heavy (non-hydrogen) atoms. The maximum absolute atomic E-state index is 14.2. The van der Waals surface area contributed by atoms with E-state index in [1.807, 2.05) is 0 Å². The summed E-state index contributed by atoms with van der Waals surface area (Å²) in [5.74, 6) is -0.814. The second kappa shape index (κ2) is 9.90. The Kier molecular flexibility index (Phi) is 6.49. The summed E-state index contributed by atoms with van der Waals surface area (Å²) in [5, 5.41) is 16.0. The number of aromatic nitrogens is 4. The molecule has 3 heterocycles. The highest BCUT2D eigenvalue weighted by Crippen LogP contribution is 2.34. The number of nitrogens with two attached hydrogens (primary N) is 1. The van der Waals surface area contributed by atoms with Gasteiger partial charge in [-0.2, -0.15) is 0 Å². The number of nitrogen functional groups attached to an aromatic ring is 1. The zero-order chi connectivity index (χ0) is 26.1. The molecule has 2 aromatic heterocycles. The zero-order valence-electron chi connectivity index (χ0n) is 20.1. The molecule has 1 fully saturated rings. The SMILES string of the molecule is CC(=O)NCc1cc(Oc2ccc(-n3c(=O)n(C4CCNCC4)c4ncnc(N)c43)cc2)c(O)cc1F. The number of aromatic hydroxyl groups is 1. The quantitative estimate of drug-likeness (QED) is 0.311. The van der Waals surface area contributed by atoms with E-state index in [1.165, 1.54) is 23.9 Å². The lowest BCUT2D eigenvalue weighted by Gasteiger charge is -2.23. The van der Waals surface area contributed by atoms with Gasteiger partial charge in [0.15, 0.2) is 23.0 Å². The summed E-state index contributed by atoms with van der Waals surface area (Å²) in [6.45, 7) is 2.88. The minimum Gasteiger partial charge on any atom is -0.504 e. The van der Waals surface area contributed by atoms with Crippen LogP contribution in [0.5, 0.6) is 17.2 Å². The summed E-state index contributed by atoms with van der Waals surface area (Å²) in [5.41, 5.74) is 7.52. The van der Waals surface area contributed by atoms with E-state index in [0.717, 1.165) is 32.0 Å². The molecule has 1 aliphatic rings. The van der Waals surface area contributed by atoms with E-state index in [0.29, 0.717) is 22.6 Å². The Labute approximate surface area is 210 Å². The van der Waals surface area contributed by atoms with E-state index in [9.17, 15) is 19.1 Å². The molecule has 0 spiro atoms. The number of rotatable bonds is 6. The molecule has 1 aliphatic heterocycles. The van der Waals surface area contributed by atoms with Crippen molar-refractivity contribution in [3.8, 4) is 22.9 Å². The number of hydrogen-bond donors (Lipinski definition) is 4. The van der Waals surface area contributed by atoms with Crippen molar-refractivity contribution in [1.82, 2.24) is 29.7 Å². The summed E-state index contributed by atoms with van der Waals surface area (Å²) < 4.78 is 23.1. The number of phenolic OH excluding ortho intramolecular Hbond substituents is 1. The lowest BCUT2D eigenvalue weighted by Crippen LogP contribution is -2.34. The third-order valence-corrected chi connectivity index (χ3v) is 6.33. The Balaban J connectivity index is 1.48. The number of piperidine rings is 1. The number of hydrogen-bond acceptors (Lipinski definition) is 8. The van der Waals surface area contributed by atoms with Gasteiger partial charge in [-0.15, -0.1) is 0 Å². The Morgan fingerprint density at radius 2 is 1.97 bits per heavy atom. The van der Waals surface area contributed by atoms with Gasteiger partial charge >= 0.3 is 5.69 Å². The van der Waals surface area contributed by atoms with Gasteiger partial charge in [0.1, 0.15) is 23.4 Å². The normalized spacial score (nSPS) is 14.1. The Bertz CT molecular complexity index is 1530. The first-order chi connectivity index (χ1) is 17.8. The second-order valence-electron chi connectivity index (χ2n) is 8.82. The maximum atomic E-state index is 14.2. The van der Waals surface area contributed by atoms with Gasteiger partial charge < -0.3 is 26.2 Å². The smallest absolute Gasteiger partial charge is 0.335 e. The number of amides is 1. The molecule has 0 aliphatic carbocycles. The first kappa shape index (κ1) is 24.3. The monoisotopic (exact) mass is 507 g/mol. The van der Waals surface area contributed by atoms with Gasteiger partial charge in [-0.05, 0) is 56.3 Å². The predicted molar refractivity (Wildman–Crippen MR) is 134 cm³/mol. The number of imidazole rings is 1. The van der Waals surface area contributed by atoms with Gasteiger partial charge in [0.2, 0.25) is 5.91 Å². The molecule has 0 bridgehead atoms. The summed E-state index contributed by atoms with van der Waals surface area (Å²) in [7, 11) is 0. The molecule has 0 radical (unpaired) electrons. The van der Waals surface area contributed by atoms with Crippen molar-refractivity contribution in [2.24, 2.45) is 0 Å². The minimum atomic E-state index is -0.668. The van der Waals surface area contributed by atoms with Crippen LogP contribution >= 0.6 is 0 Å². The molecule has 0 atom stereocenters. The largest absolute Gasteiger partial charge is 0.504 e. The van der Waals surface area contributed by atoms with Crippen molar-refractivity contribution in [2.45, 2.75) is 32.4 Å². The number of carbonyl (C=O) groups is 1. The first-order valence-electron chi connectivity index (χ1n) is 11.8. The van der Waals surface area contributed by atoms with Gasteiger partial charge in [0.05, 0.1) is 5.69 Å². The van der Waals surface area contributed by atoms with Crippen molar-refractivity contribution in [3.63, 3.8) is 0 Å². The molecule has 0 saturated carbocycles. The van der Waals surface area contributed by atoms with E-state index in [4.69, 9.17) is 10.5 Å². The fourth-order valence-electron chi connectivity index (χ4n) is 4.51. The molecule has 1 amide bonds. The van der Waals surface area contributed by atoms with Crippen LogP contribution in [-0.4, -0.2) is 43.2 Å². The van der Waals surface area contributed by atoms with Crippen molar-refractivity contribution in [3.05, 3.63) is 64.6 Å². The maximum Gasteiger partial charge on any atom is 0.335 e. The molecule has 0 unspecified atom stereocenters. The highest BCUT2D eigenvalue weighted by Gasteiger charge is 2.25. The predicted octanol–water partition coefficient (Wildman–Crippen LogP) is 2.36. The number of halogens is 1. The zero-order valence-corrected chi connectivity index (χ0v) is 20.1. The van der Waals surface area contributed by atoms with Crippen LogP contribution in [0.1, 0.15) is 31.4 Å². The Morgan fingerprint density at radius 1 is 1.24 bits per heavy atom. The van der Waals surface area contributed by atoms with Crippen LogP contribution < -0.4 is 26.8 Å². The molecule has 4 aromatic rings. The molecule has 11 nitrogen and oxygen atoms in total. The van der Waals surface area contributed by atoms with E-state index in [1.54, 1.807) is 28.8 Å². The van der Waals surface area contributed by atoms with Crippen LogP contribution in [0.4, 0.5) is 10.2 Å². The number of carbonyl (C=O) groups excluding carboxylic acids is 1. The Hall–Kier alpha value is -4.45. The summed E-state index contributed by atoms with van der Waals surface area (Å²) in [6.07, 6.45) is 2.94. The molecule has 12 heteroatoms. The summed E-state index contributed by atoms with van der Waals surface area (Å²) in [4.78, 5) is 33.2. The highest BCUT2D eigenvalue weighted by atomic mass is 19.1. The number of benzene rings is 2. The fourth-order valence-corrected chi connectivity index (χ4v) is 4.51. The second-order valence-corrected chi connectivity index (χ2v) is 8.82. The number of anilines is 1. The third-order valence-electron chi connectivity index (χ3n) is 6.33. The van der Waals surface area contributed by atoms with Crippen LogP contribution in [0.3, 0.4) is 0 Å². The lowest BCUT2D eigenvalue weighted by molar-refractivity contribution is -0.119. The van der Waals surface area contributed by atoms with Crippen molar-refractivity contribution in [2.75, 3.05) is 18.8 Å². The fraction of sp³-hybridized carbons (Fsp3) is 0.280. The number of ether oxygens (including phenoxy) is 1. The lowest BCUT2D eigenvalue weighted by atomic mass is 10.1. The molecule has 5 rings (SSSR count). The number of fused-ring (bicyclic) bond motifs is 1. The molecule has 2 aromatic carbocycles. The Morgan fingerprint density at radius 3 is 2.68 bits per heavy atom. The van der Waals surface area contributed by atoms with E-state index in [-0.39, 0.29) is 47.1 Å². The van der Waals surface area contributed by atoms with Crippen LogP contribution in [0.2, 0.25) is 0 Å². The minimum absolute atomic E-state index is 0.0115. The van der Waals surface area contributed by atoms with Crippen molar-refractivity contribution in [1.29, 1.82) is 0 Å². The topological polar surface area (TPSA) is 149 Å². The molecule has 192 valence electrons. The standard InChI is InChI=1S/C25H26FN7O4/c1-14(34)29-12-15-10-21(20(35)11-19(15)26)37-18-4-2-16(3-5-18)32-22-23(27)30-13-31-24(22)33(25(32)36)17-6-8-28-9-7-17/h2-5,10-11,13,17,28,35H,6-9,12H2,1H3,(H,29,34)(H2,27,30,31). The van der Waals surface area contributed by atoms with Crippen molar-refractivity contribution < 1.29 is 19.0 Å². The van der Waals surface area contributed by atoms with E-state index in [2.05, 4.69) is 20.6 Å². The number of nitrogens with zero attached hydrogens (tertiary/aromatic N) is 4. The average Bonchev–Trinajstić information content (AvgIpc) is 3.18. The van der Waals surface area contributed by atoms with Crippen LogP contribution in [0.15, 0.2) is 47.5 Å². The van der Waals surface area contributed by atoms with Crippen molar-refractivity contribution >= 4 is 22.9 Å². The van der Waals surface area contributed by atoms with Gasteiger partial charge in [-0.1, -0.05) is 0 Å². The summed E-state index contributed by atoms with van der Waals surface area (Å²) in [6, 6.07) is 8.82. The van der Waals surface area contributed by atoms with Gasteiger partial charge in [-0.25, -0.2) is 19.2 Å². The van der Waals surface area contributed by atoms with E-state index < -0.39 is 5.82 Å². The molecule has 5 N–H and O–H groups in total. The third kappa shape index (κ3) is 4.70. The number of nitrogens with one attached hydrogen (secondary N) is 2. The van der Waals surface area contributed by atoms with Crippen LogP contribution in [0, 0.1) is 5.82 Å². The van der Waals surface area contributed by atoms with Gasteiger partial charge in [-0.3, -0.25) is 13.9 Å². The average molecular weight is 508 g/mol. The van der Waals surface area contributed by atoms with Gasteiger partial charge in [0.25, 0.3) is 0 Å². The van der Waals surface area contributed by atoms with Gasteiger partial charge in [0, 0.05) is 31.1 Å². The first-order valence-corrected chi connectivity index (χ1v) is 11.8. The van der Waals surface area contributed by atoms with E-state index >= 15 is 0 Å². The summed E-state index contributed by atoms with van der Waals surface area (Å²) >= 11 is 0.